The molecule has 5 rings (SSSR count). The Morgan fingerprint density at radius 1 is 1.17 bits per heavy atom. The topological polar surface area (TPSA) is 112 Å². The van der Waals surface area contributed by atoms with Gasteiger partial charge < -0.3 is 20.4 Å². The van der Waals surface area contributed by atoms with Crippen LogP contribution in [0.5, 0.6) is 0 Å². The Labute approximate surface area is 213 Å². The summed E-state index contributed by atoms with van der Waals surface area (Å²) >= 11 is 6.40. The minimum atomic E-state index is -0.648. The van der Waals surface area contributed by atoms with Crippen LogP contribution >= 0.6 is 11.6 Å². The number of anilines is 1. The second-order valence-corrected chi connectivity index (χ2v) is 9.97. The van der Waals surface area contributed by atoms with Gasteiger partial charge in [0, 0.05) is 47.5 Å². The third kappa shape index (κ3) is 5.18. The van der Waals surface area contributed by atoms with Gasteiger partial charge in [0.2, 0.25) is 11.8 Å². The summed E-state index contributed by atoms with van der Waals surface area (Å²) in [5, 5.41) is 8.29. The molecule has 9 nitrogen and oxygen atoms in total. The van der Waals surface area contributed by atoms with Crippen LogP contribution in [-0.4, -0.2) is 63.0 Å². The lowest BCUT2D eigenvalue weighted by molar-refractivity contribution is -0.146. The van der Waals surface area contributed by atoms with Gasteiger partial charge in [-0.3, -0.25) is 24.5 Å². The molecule has 186 valence electrons. The standard InChI is InChI=1S/C26H27ClN6O3/c1-26(2)15-33(13-23(34)30-11-16-3-6-28-7-4-16)22(14-36-26)25(35)32-20-10-17(27)9-19-18-5-8-29-12-21(18)31-24(19)20/h3-10,12,22,31H,11,13-15H2,1-2H3,(H,30,34)(H,32,35). The number of aromatic amines is 1. The van der Waals surface area contributed by atoms with E-state index in [4.69, 9.17) is 16.3 Å². The average molecular weight is 507 g/mol. The van der Waals surface area contributed by atoms with Crippen molar-refractivity contribution >= 4 is 50.9 Å². The van der Waals surface area contributed by atoms with Crippen molar-refractivity contribution in [2.45, 2.75) is 32.0 Å². The second kappa shape index (κ2) is 9.85. The number of fused-ring (bicyclic) bond motifs is 3. The molecule has 2 amide bonds. The van der Waals surface area contributed by atoms with E-state index in [1.165, 1.54) is 0 Å². The van der Waals surface area contributed by atoms with Crippen molar-refractivity contribution in [1.29, 1.82) is 0 Å². The smallest absolute Gasteiger partial charge is 0.244 e. The van der Waals surface area contributed by atoms with E-state index in [1.807, 2.05) is 43.0 Å². The number of amides is 2. The van der Waals surface area contributed by atoms with Crippen LogP contribution in [0.1, 0.15) is 19.4 Å². The van der Waals surface area contributed by atoms with Crippen LogP contribution in [0.2, 0.25) is 5.02 Å². The lowest BCUT2D eigenvalue weighted by atomic mass is 10.0. The molecule has 1 unspecified atom stereocenters. The minimum Gasteiger partial charge on any atom is -0.372 e. The maximum Gasteiger partial charge on any atom is 0.244 e. The highest BCUT2D eigenvalue weighted by Gasteiger charge is 2.38. The summed E-state index contributed by atoms with van der Waals surface area (Å²) in [5.74, 6) is -0.441. The van der Waals surface area contributed by atoms with E-state index in [1.54, 1.807) is 30.9 Å². The van der Waals surface area contributed by atoms with E-state index in [9.17, 15) is 9.59 Å². The quantitative estimate of drug-likeness (QED) is 0.369. The van der Waals surface area contributed by atoms with Crippen molar-refractivity contribution < 1.29 is 14.3 Å². The molecule has 4 heterocycles. The number of nitrogens with zero attached hydrogens (tertiary/aromatic N) is 3. The second-order valence-electron chi connectivity index (χ2n) is 9.54. The molecule has 1 aromatic carbocycles. The monoisotopic (exact) mass is 506 g/mol. The van der Waals surface area contributed by atoms with Gasteiger partial charge in [-0.25, -0.2) is 0 Å². The van der Waals surface area contributed by atoms with Crippen LogP contribution in [0.4, 0.5) is 5.69 Å². The predicted molar refractivity (Wildman–Crippen MR) is 139 cm³/mol. The van der Waals surface area contributed by atoms with Crippen LogP contribution in [0, 0.1) is 0 Å². The summed E-state index contributed by atoms with van der Waals surface area (Å²) in [6, 6.07) is 8.52. The first-order valence-corrected chi connectivity index (χ1v) is 12.1. The number of hydrogen-bond donors (Lipinski definition) is 3. The van der Waals surface area contributed by atoms with Gasteiger partial charge in [0.15, 0.2) is 0 Å². The summed E-state index contributed by atoms with van der Waals surface area (Å²) in [7, 11) is 0. The van der Waals surface area contributed by atoms with Crippen molar-refractivity contribution in [2.75, 3.05) is 25.0 Å². The summed E-state index contributed by atoms with van der Waals surface area (Å²) in [6.07, 6.45) is 6.82. The van der Waals surface area contributed by atoms with Gasteiger partial charge in [0.25, 0.3) is 0 Å². The number of nitrogens with one attached hydrogen (secondary N) is 3. The number of rotatable bonds is 6. The van der Waals surface area contributed by atoms with Crippen LogP contribution in [0.3, 0.4) is 0 Å². The van der Waals surface area contributed by atoms with Crippen LogP contribution < -0.4 is 10.6 Å². The molecule has 36 heavy (non-hydrogen) atoms. The molecule has 1 saturated heterocycles. The van der Waals surface area contributed by atoms with Crippen molar-refractivity contribution in [3.8, 4) is 0 Å². The first kappa shape index (κ1) is 24.2. The van der Waals surface area contributed by atoms with Crippen LogP contribution in [0.15, 0.2) is 55.1 Å². The van der Waals surface area contributed by atoms with E-state index >= 15 is 0 Å². The van der Waals surface area contributed by atoms with Gasteiger partial charge in [-0.1, -0.05) is 11.6 Å². The molecule has 3 N–H and O–H groups in total. The Bertz CT molecular complexity index is 1420. The predicted octanol–water partition coefficient (Wildman–Crippen LogP) is 3.50. The Morgan fingerprint density at radius 3 is 2.75 bits per heavy atom. The molecule has 0 spiro atoms. The molecule has 3 aromatic heterocycles. The van der Waals surface area contributed by atoms with Gasteiger partial charge in [-0.2, -0.15) is 0 Å². The number of aromatic nitrogens is 3. The van der Waals surface area contributed by atoms with Crippen LogP contribution in [-0.2, 0) is 20.9 Å². The summed E-state index contributed by atoms with van der Waals surface area (Å²) in [4.78, 5) is 39.6. The first-order chi connectivity index (χ1) is 17.3. The Morgan fingerprint density at radius 2 is 1.94 bits per heavy atom. The zero-order chi connectivity index (χ0) is 25.3. The zero-order valence-corrected chi connectivity index (χ0v) is 20.8. The maximum absolute atomic E-state index is 13.5. The number of halogens is 1. The highest BCUT2D eigenvalue weighted by molar-refractivity contribution is 6.33. The van der Waals surface area contributed by atoms with Gasteiger partial charge in [0.05, 0.1) is 41.7 Å². The molecule has 0 bridgehead atoms. The summed E-state index contributed by atoms with van der Waals surface area (Å²) in [5.41, 5.74) is 2.63. The highest BCUT2D eigenvalue weighted by atomic mass is 35.5. The van der Waals surface area contributed by atoms with Gasteiger partial charge in [-0.05, 0) is 49.7 Å². The normalized spacial score (nSPS) is 17.8. The maximum atomic E-state index is 13.5. The van der Waals surface area contributed by atoms with Crippen molar-refractivity contribution in [3.05, 3.63) is 65.7 Å². The Kier molecular flexibility index (Phi) is 6.61. The van der Waals surface area contributed by atoms with E-state index in [0.29, 0.717) is 23.8 Å². The fraction of sp³-hybridized carbons (Fsp3) is 0.308. The third-order valence-corrected chi connectivity index (χ3v) is 6.50. The molecule has 1 aliphatic rings. The number of carbonyl (C=O) groups is 2. The van der Waals surface area contributed by atoms with E-state index in [2.05, 4.69) is 25.6 Å². The van der Waals surface area contributed by atoms with Gasteiger partial charge >= 0.3 is 0 Å². The molecular weight excluding hydrogens is 480 g/mol. The Balaban J connectivity index is 1.35. The number of benzene rings is 1. The lowest BCUT2D eigenvalue weighted by Crippen LogP contribution is -2.60. The van der Waals surface area contributed by atoms with E-state index < -0.39 is 11.6 Å². The van der Waals surface area contributed by atoms with E-state index in [0.717, 1.165) is 27.4 Å². The zero-order valence-electron chi connectivity index (χ0n) is 20.0. The number of morpholine rings is 1. The van der Waals surface area contributed by atoms with Crippen LogP contribution in [0.25, 0.3) is 21.8 Å². The van der Waals surface area contributed by atoms with Crippen molar-refractivity contribution in [2.24, 2.45) is 0 Å². The largest absolute Gasteiger partial charge is 0.372 e. The highest BCUT2D eigenvalue weighted by Crippen LogP contribution is 2.33. The average Bonchev–Trinajstić information content (AvgIpc) is 3.22. The van der Waals surface area contributed by atoms with Crippen molar-refractivity contribution in [3.63, 3.8) is 0 Å². The molecule has 4 aromatic rings. The SMILES string of the molecule is CC1(C)CN(CC(=O)NCc2ccncc2)C(C(=O)Nc2cc(Cl)cc3c2[nH]c2cnccc23)CO1. The minimum absolute atomic E-state index is 0.0684. The number of hydrogen-bond acceptors (Lipinski definition) is 6. The number of H-pyrrole nitrogens is 1. The van der Waals surface area contributed by atoms with Crippen molar-refractivity contribution in [1.82, 2.24) is 25.2 Å². The van der Waals surface area contributed by atoms with Gasteiger partial charge in [-0.15, -0.1) is 0 Å². The molecule has 1 fully saturated rings. The molecule has 0 aliphatic carbocycles. The molecule has 10 heteroatoms. The summed E-state index contributed by atoms with van der Waals surface area (Å²) in [6.45, 7) is 4.94. The lowest BCUT2D eigenvalue weighted by Gasteiger charge is -2.42. The fourth-order valence-corrected chi connectivity index (χ4v) is 4.75. The molecule has 0 radical (unpaired) electrons. The summed E-state index contributed by atoms with van der Waals surface area (Å²) < 4.78 is 5.95. The number of ether oxygens (including phenoxy) is 1. The number of pyridine rings is 2. The molecule has 1 atom stereocenters. The number of carbonyl (C=O) groups excluding carboxylic acids is 2. The Hall–Kier alpha value is -3.53. The first-order valence-electron chi connectivity index (χ1n) is 11.7. The third-order valence-electron chi connectivity index (χ3n) is 6.28. The fourth-order valence-electron chi connectivity index (χ4n) is 4.54. The molecule has 0 saturated carbocycles. The van der Waals surface area contributed by atoms with Gasteiger partial charge in [0.1, 0.15) is 6.04 Å². The molecular formula is C26H27ClN6O3. The molecule has 1 aliphatic heterocycles. The van der Waals surface area contributed by atoms with E-state index in [-0.39, 0.29) is 25.0 Å².